The molecule has 1 aromatic rings. The summed E-state index contributed by atoms with van der Waals surface area (Å²) in [7, 11) is 1.78. The third-order valence-electron chi connectivity index (χ3n) is 3.54. The second-order valence-corrected chi connectivity index (χ2v) is 5.36. The highest BCUT2D eigenvalue weighted by atomic mass is 127. The Labute approximate surface area is 145 Å². The summed E-state index contributed by atoms with van der Waals surface area (Å²) >= 11 is 0. The molecule has 122 valence electrons. The normalized spacial score (nSPS) is 11.7. The minimum absolute atomic E-state index is 0. The van der Waals surface area contributed by atoms with Crippen LogP contribution in [0.2, 0.25) is 0 Å². The Balaban J connectivity index is 0.00000400. The molecule has 5 nitrogen and oxygen atoms in total. The lowest BCUT2D eigenvalue weighted by atomic mass is 10.0. The van der Waals surface area contributed by atoms with Crippen LogP contribution in [0.5, 0.6) is 0 Å². The molecule has 0 fully saturated rings. The van der Waals surface area contributed by atoms with Gasteiger partial charge in [0.1, 0.15) is 0 Å². The van der Waals surface area contributed by atoms with Crippen LogP contribution in [0.4, 0.5) is 0 Å². The van der Waals surface area contributed by atoms with Crippen molar-refractivity contribution < 1.29 is 4.52 Å². The summed E-state index contributed by atoms with van der Waals surface area (Å²) in [6.07, 6.45) is 2.36. The van der Waals surface area contributed by atoms with Crippen molar-refractivity contribution in [3.8, 4) is 0 Å². The summed E-state index contributed by atoms with van der Waals surface area (Å²) in [5, 5.41) is 10.6. The fourth-order valence-electron chi connectivity index (χ4n) is 1.89. The minimum atomic E-state index is 0. The average molecular weight is 408 g/mol. The van der Waals surface area contributed by atoms with E-state index >= 15 is 0 Å². The highest BCUT2D eigenvalue weighted by Gasteiger charge is 2.09. The molecular weight excluding hydrogens is 379 g/mol. The van der Waals surface area contributed by atoms with E-state index in [0.29, 0.717) is 18.4 Å². The molecule has 0 saturated carbocycles. The van der Waals surface area contributed by atoms with Crippen molar-refractivity contribution in [2.45, 2.75) is 53.0 Å². The lowest BCUT2D eigenvalue weighted by molar-refractivity contribution is 0.371. The van der Waals surface area contributed by atoms with Crippen molar-refractivity contribution in [3.63, 3.8) is 0 Å². The predicted molar refractivity (Wildman–Crippen MR) is 98.3 cm³/mol. The fourth-order valence-corrected chi connectivity index (χ4v) is 1.89. The molecule has 1 heterocycles. The summed E-state index contributed by atoms with van der Waals surface area (Å²) < 4.78 is 5.29. The molecule has 0 aliphatic heterocycles. The summed E-state index contributed by atoms with van der Waals surface area (Å²) in [4.78, 5) is 4.22. The van der Waals surface area contributed by atoms with Gasteiger partial charge in [0.2, 0.25) is 0 Å². The number of aliphatic imine (C=N–C) groups is 1. The van der Waals surface area contributed by atoms with Crippen molar-refractivity contribution >= 4 is 29.9 Å². The number of guanidine groups is 1. The molecule has 0 aliphatic carbocycles. The first-order valence-electron chi connectivity index (χ1n) is 7.50. The summed E-state index contributed by atoms with van der Waals surface area (Å²) in [6, 6.07) is 1.99. The first kappa shape index (κ1) is 20.2. The van der Waals surface area contributed by atoms with E-state index in [1.54, 1.807) is 7.05 Å². The van der Waals surface area contributed by atoms with Crippen molar-refractivity contribution in [2.24, 2.45) is 10.9 Å². The topological polar surface area (TPSA) is 62.5 Å². The van der Waals surface area contributed by atoms with Crippen LogP contribution in [0.25, 0.3) is 0 Å². The van der Waals surface area contributed by atoms with E-state index in [-0.39, 0.29) is 24.0 Å². The SMILES string of the molecule is CCC(CC)CNC(=NC)NCc1cc(C(C)C)no1.I. The van der Waals surface area contributed by atoms with Crippen LogP contribution >= 0.6 is 24.0 Å². The largest absolute Gasteiger partial charge is 0.359 e. The van der Waals surface area contributed by atoms with E-state index in [2.05, 4.69) is 48.5 Å². The van der Waals surface area contributed by atoms with Gasteiger partial charge < -0.3 is 15.2 Å². The van der Waals surface area contributed by atoms with Crippen LogP contribution in [-0.4, -0.2) is 24.7 Å². The Bertz CT molecular complexity index is 414. The van der Waals surface area contributed by atoms with Gasteiger partial charge >= 0.3 is 0 Å². The smallest absolute Gasteiger partial charge is 0.191 e. The molecule has 0 atom stereocenters. The number of halogens is 1. The van der Waals surface area contributed by atoms with Crippen molar-refractivity contribution in [3.05, 3.63) is 17.5 Å². The van der Waals surface area contributed by atoms with Crippen molar-refractivity contribution in [1.82, 2.24) is 15.8 Å². The van der Waals surface area contributed by atoms with Crippen LogP contribution in [0.15, 0.2) is 15.6 Å². The molecule has 0 radical (unpaired) electrons. The quantitative estimate of drug-likeness (QED) is 0.412. The molecule has 0 aliphatic rings. The zero-order valence-electron chi connectivity index (χ0n) is 13.8. The molecule has 6 heteroatoms. The molecule has 0 aromatic carbocycles. The van der Waals surface area contributed by atoms with Gasteiger partial charge in [-0.3, -0.25) is 4.99 Å². The second kappa shape index (κ2) is 10.9. The Kier molecular flexibility index (Phi) is 10.5. The summed E-state index contributed by atoms with van der Waals surface area (Å²) in [5.41, 5.74) is 0.988. The standard InChI is InChI=1S/C15H28N4O.HI/c1-6-12(7-2)9-17-15(16-5)18-10-13-8-14(11(3)4)19-20-13;/h8,11-12H,6-7,9-10H2,1-5H3,(H2,16,17,18);1H. The van der Waals surface area contributed by atoms with Gasteiger partial charge in [-0.05, 0) is 11.8 Å². The van der Waals surface area contributed by atoms with Crippen LogP contribution in [0.3, 0.4) is 0 Å². The van der Waals surface area contributed by atoms with Crippen molar-refractivity contribution in [2.75, 3.05) is 13.6 Å². The highest BCUT2D eigenvalue weighted by molar-refractivity contribution is 14.0. The molecule has 2 N–H and O–H groups in total. The summed E-state index contributed by atoms with van der Waals surface area (Å²) in [6.45, 7) is 10.2. The van der Waals surface area contributed by atoms with Crippen LogP contribution in [0, 0.1) is 5.92 Å². The Morgan fingerprint density at radius 2 is 1.95 bits per heavy atom. The van der Waals surface area contributed by atoms with E-state index in [0.717, 1.165) is 24.0 Å². The van der Waals surface area contributed by atoms with E-state index in [1.807, 2.05) is 6.07 Å². The van der Waals surface area contributed by atoms with Gasteiger partial charge in [-0.25, -0.2) is 0 Å². The number of nitrogens with one attached hydrogen (secondary N) is 2. The summed E-state index contributed by atoms with van der Waals surface area (Å²) in [5.74, 6) is 2.71. The molecule has 0 spiro atoms. The molecular formula is C15H29IN4O. The number of nitrogens with zero attached hydrogens (tertiary/aromatic N) is 2. The molecule has 0 amide bonds. The van der Waals surface area contributed by atoms with Gasteiger partial charge in [0.15, 0.2) is 11.7 Å². The molecule has 1 aromatic heterocycles. The fraction of sp³-hybridized carbons (Fsp3) is 0.733. The monoisotopic (exact) mass is 408 g/mol. The third-order valence-corrected chi connectivity index (χ3v) is 3.54. The maximum atomic E-state index is 5.29. The highest BCUT2D eigenvalue weighted by Crippen LogP contribution is 2.13. The number of hydrogen-bond acceptors (Lipinski definition) is 3. The Hall–Kier alpha value is -0.790. The Morgan fingerprint density at radius 1 is 1.29 bits per heavy atom. The van der Waals surface area contributed by atoms with E-state index in [9.17, 15) is 0 Å². The van der Waals surface area contributed by atoms with Gasteiger partial charge in [0.05, 0.1) is 12.2 Å². The molecule has 0 bridgehead atoms. The second-order valence-electron chi connectivity index (χ2n) is 5.36. The zero-order valence-corrected chi connectivity index (χ0v) is 16.1. The average Bonchev–Trinajstić information content (AvgIpc) is 2.92. The number of rotatable bonds is 7. The van der Waals surface area contributed by atoms with E-state index in [1.165, 1.54) is 12.8 Å². The number of hydrogen-bond donors (Lipinski definition) is 2. The molecule has 1 rings (SSSR count). The van der Waals surface area contributed by atoms with Gasteiger partial charge in [-0.2, -0.15) is 0 Å². The first-order valence-corrected chi connectivity index (χ1v) is 7.50. The Morgan fingerprint density at radius 3 is 2.43 bits per heavy atom. The van der Waals surface area contributed by atoms with Gasteiger partial charge in [-0.15, -0.1) is 24.0 Å². The third kappa shape index (κ3) is 7.15. The minimum Gasteiger partial charge on any atom is -0.359 e. The molecule has 21 heavy (non-hydrogen) atoms. The van der Waals surface area contributed by atoms with Crippen LogP contribution in [-0.2, 0) is 6.54 Å². The van der Waals surface area contributed by atoms with E-state index in [4.69, 9.17) is 4.52 Å². The van der Waals surface area contributed by atoms with Gasteiger partial charge in [-0.1, -0.05) is 45.7 Å². The maximum absolute atomic E-state index is 5.29. The predicted octanol–water partition coefficient (Wildman–Crippen LogP) is 3.52. The van der Waals surface area contributed by atoms with Crippen LogP contribution < -0.4 is 10.6 Å². The molecule has 0 saturated heterocycles. The van der Waals surface area contributed by atoms with Gasteiger partial charge in [0.25, 0.3) is 0 Å². The zero-order chi connectivity index (χ0) is 15.0. The first-order chi connectivity index (χ1) is 9.60. The van der Waals surface area contributed by atoms with Crippen molar-refractivity contribution in [1.29, 1.82) is 0 Å². The van der Waals surface area contributed by atoms with E-state index < -0.39 is 0 Å². The lowest BCUT2D eigenvalue weighted by Gasteiger charge is -2.16. The maximum Gasteiger partial charge on any atom is 0.191 e. The lowest BCUT2D eigenvalue weighted by Crippen LogP contribution is -2.39. The van der Waals surface area contributed by atoms with Gasteiger partial charge in [0, 0.05) is 19.7 Å². The number of aromatic nitrogens is 1. The van der Waals surface area contributed by atoms with Crippen LogP contribution in [0.1, 0.15) is 57.9 Å². The molecule has 0 unspecified atom stereocenters.